The van der Waals surface area contributed by atoms with Gasteiger partial charge in [-0.2, -0.15) is 0 Å². The Labute approximate surface area is 105 Å². The van der Waals surface area contributed by atoms with Crippen LogP contribution in [0.2, 0.25) is 0 Å². The molecule has 1 unspecified atom stereocenters. The summed E-state index contributed by atoms with van der Waals surface area (Å²) < 4.78 is 0. The summed E-state index contributed by atoms with van der Waals surface area (Å²) in [6, 6.07) is 9.97. The Bertz CT molecular complexity index is 354. The monoisotopic (exact) mass is 255 g/mol. The second-order valence-electron chi connectivity index (χ2n) is 3.92. The minimum atomic E-state index is -1.70. The Kier molecular flexibility index (Phi) is 5.47. The van der Waals surface area contributed by atoms with Gasteiger partial charge in [0, 0.05) is 23.7 Å². The highest BCUT2D eigenvalue weighted by Gasteiger charge is 2.28. The average molecular weight is 255 g/mol. The topological polar surface area (TPSA) is 69.6 Å². The molecule has 3 N–H and O–H groups in total. The maximum atomic E-state index is 10.6. The third kappa shape index (κ3) is 5.21. The van der Waals surface area contributed by atoms with Gasteiger partial charge < -0.3 is 15.5 Å². The highest BCUT2D eigenvalue weighted by molar-refractivity contribution is 7.99. The van der Waals surface area contributed by atoms with Crippen molar-refractivity contribution in [2.24, 2.45) is 0 Å². The summed E-state index contributed by atoms with van der Waals surface area (Å²) in [6.45, 7) is 1.99. The van der Waals surface area contributed by atoms with Gasteiger partial charge in [-0.25, -0.2) is 4.79 Å². The van der Waals surface area contributed by atoms with Crippen molar-refractivity contribution >= 4 is 17.7 Å². The van der Waals surface area contributed by atoms with Crippen LogP contribution in [-0.2, 0) is 4.79 Å². The van der Waals surface area contributed by atoms with Crippen LogP contribution < -0.4 is 5.32 Å². The van der Waals surface area contributed by atoms with Crippen LogP contribution >= 0.6 is 11.8 Å². The highest BCUT2D eigenvalue weighted by atomic mass is 32.2. The number of carboxylic acid groups (broad SMARTS) is 1. The molecule has 0 heterocycles. The van der Waals surface area contributed by atoms with E-state index in [-0.39, 0.29) is 6.54 Å². The molecule has 0 saturated carbocycles. The van der Waals surface area contributed by atoms with E-state index < -0.39 is 11.6 Å². The van der Waals surface area contributed by atoms with E-state index in [4.69, 9.17) is 5.11 Å². The maximum Gasteiger partial charge on any atom is 0.336 e. The second kappa shape index (κ2) is 6.64. The predicted octanol–water partition coefficient (Wildman–Crippen LogP) is 1.20. The molecule has 0 aliphatic rings. The number of thioether (sulfide) groups is 1. The lowest BCUT2D eigenvalue weighted by molar-refractivity contribution is -0.156. The van der Waals surface area contributed by atoms with Gasteiger partial charge >= 0.3 is 5.97 Å². The van der Waals surface area contributed by atoms with Crippen molar-refractivity contribution in [3.63, 3.8) is 0 Å². The van der Waals surface area contributed by atoms with Crippen LogP contribution in [0.5, 0.6) is 0 Å². The Balaban J connectivity index is 2.15. The number of hydrogen-bond donors (Lipinski definition) is 3. The predicted molar refractivity (Wildman–Crippen MR) is 68.3 cm³/mol. The first kappa shape index (κ1) is 14.0. The molecule has 5 heteroatoms. The summed E-state index contributed by atoms with van der Waals surface area (Å²) in [5, 5.41) is 21.0. The zero-order valence-electron chi connectivity index (χ0n) is 9.72. The fourth-order valence-corrected chi connectivity index (χ4v) is 2.00. The number of carboxylic acids is 1. The molecule has 0 aliphatic heterocycles. The van der Waals surface area contributed by atoms with Crippen molar-refractivity contribution in [3.8, 4) is 0 Å². The third-order valence-corrected chi connectivity index (χ3v) is 3.23. The molecule has 0 radical (unpaired) electrons. The maximum absolute atomic E-state index is 10.6. The van der Waals surface area contributed by atoms with Crippen LogP contribution in [0.4, 0.5) is 0 Å². The van der Waals surface area contributed by atoms with Gasteiger partial charge in [0.05, 0.1) is 0 Å². The van der Waals surface area contributed by atoms with Gasteiger partial charge in [0.2, 0.25) is 0 Å². The van der Waals surface area contributed by atoms with Gasteiger partial charge in [0.25, 0.3) is 0 Å². The molecule has 0 fully saturated rings. The van der Waals surface area contributed by atoms with Crippen LogP contribution in [0.1, 0.15) is 6.92 Å². The molecule has 1 atom stereocenters. The van der Waals surface area contributed by atoms with Gasteiger partial charge in [0.15, 0.2) is 5.60 Å². The molecule has 94 valence electrons. The number of carbonyl (C=O) groups is 1. The normalized spacial score (nSPS) is 14.2. The fraction of sp³-hybridized carbons (Fsp3) is 0.417. The van der Waals surface area contributed by atoms with Crippen LogP contribution in [0, 0.1) is 0 Å². The van der Waals surface area contributed by atoms with Crippen LogP contribution in [0.15, 0.2) is 35.2 Å². The summed E-state index contributed by atoms with van der Waals surface area (Å²) in [7, 11) is 0. The fourth-order valence-electron chi connectivity index (χ4n) is 1.17. The summed E-state index contributed by atoms with van der Waals surface area (Å²) in [5.74, 6) is -0.375. The SMILES string of the molecule is CC(O)(CNCCSc1ccccc1)C(=O)O. The van der Waals surface area contributed by atoms with E-state index in [1.54, 1.807) is 11.8 Å². The van der Waals surface area contributed by atoms with Gasteiger partial charge in [0.1, 0.15) is 0 Å². The zero-order chi connectivity index (χ0) is 12.7. The zero-order valence-corrected chi connectivity index (χ0v) is 10.5. The minimum absolute atomic E-state index is 0.0533. The Morgan fingerprint density at radius 1 is 1.41 bits per heavy atom. The number of nitrogens with one attached hydrogen (secondary N) is 1. The van der Waals surface area contributed by atoms with Crippen molar-refractivity contribution < 1.29 is 15.0 Å². The lowest BCUT2D eigenvalue weighted by Crippen LogP contribution is -2.45. The van der Waals surface area contributed by atoms with Crippen molar-refractivity contribution in [1.29, 1.82) is 0 Å². The van der Waals surface area contributed by atoms with Crippen molar-refractivity contribution in [2.75, 3.05) is 18.8 Å². The van der Waals surface area contributed by atoms with E-state index in [0.717, 1.165) is 5.75 Å². The van der Waals surface area contributed by atoms with Gasteiger partial charge in [-0.3, -0.25) is 0 Å². The highest BCUT2D eigenvalue weighted by Crippen LogP contribution is 2.15. The molecule has 0 spiro atoms. The largest absolute Gasteiger partial charge is 0.479 e. The molecule has 0 aliphatic carbocycles. The van der Waals surface area contributed by atoms with E-state index in [2.05, 4.69) is 5.32 Å². The molecular formula is C12H17NO3S. The lowest BCUT2D eigenvalue weighted by atomic mass is 10.1. The standard InChI is InChI=1S/C12H17NO3S/c1-12(16,11(14)15)9-13-7-8-17-10-5-3-2-4-6-10/h2-6,13,16H,7-9H2,1H3,(H,14,15). The number of rotatable bonds is 7. The summed E-state index contributed by atoms with van der Waals surface area (Å²) >= 11 is 1.69. The summed E-state index contributed by atoms with van der Waals surface area (Å²) in [4.78, 5) is 11.8. The van der Waals surface area contributed by atoms with Gasteiger partial charge in [-0.1, -0.05) is 18.2 Å². The first-order chi connectivity index (χ1) is 8.02. The Morgan fingerprint density at radius 2 is 2.06 bits per heavy atom. The van der Waals surface area contributed by atoms with Gasteiger partial charge in [-0.05, 0) is 19.1 Å². The molecule has 1 aromatic rings. The van der Waals surface area contributed by atoms with E-state index in [9.17, 15) is 9.90 Å². The molecule has 1 aromatic carbocycles. The number of hydrogen-bond acceptors (Lipinski definition) is 4. The minimum Gasteiger partial charge on any atom is -0.479 e. The van der Waals surface area contributed by atoms with Crippen LogP contribution in [0.25, 0.3) is 0 Å². The second-order valence-corrected chi connectivity index (χ2v) is 5.09. The quantitative estimate of drug-likeness (QED) is 0.504. The third-order valence-electron chi connectivity index (χ3n) is 2.22. The van der Waals surface area contributed by atoms with Crippen LogP contribution in [-0.4, -0.2) is 40.6 Å². The van der Waals surface area contributed by atoms with Crippen molar-refractivity contribution in [1.82, 2.24) is 5.32 Å². The summed E-state index contributed by atoms with van der Waals surface area (Å²) in [5.41, 5.74) is -1.70. The Hall–Kier alpha value is -1.04. The van der Waals surface area contributed by atoms with Gasteiger partial charge in [-0.15, -0.1) is 11.8 Å². The molecule has 0 amide bonds. The van der Waals surface area contributed by atoms with Crippen molar-refractivity contribution in [3.05, 3.63) is 30.3 Å². The molecule has 0 bridgehead atoms. The summed E-state index contributed by atoms with van der Waals surface area (Å²) in [6.07, 6.45) is 0. The molecule has 4 nitrogen and oxygen atoms in total. The molecular weight excluding hydrogens is 238 g/mol. The smallest absolute Gasteiger partial charge is 0.336 e. The van der Waals surface area contributed by atoms with E-state index >= 15 is 0 Å². The van der Waals surface area contributed by atoms with Crippen molar-refractivity contribution in [2.45, 2.75) is 17.4 Å². The number of benzene rings is 1. The number of aliphatic carboxylic acids is 1. The average Bonchev–Trinajstić information content (AvgIpc) is 2.29. The molecule has 17 heavy (non-hydrogen) atoms. The number of aliphatic hydroxyl groups is 1. The first-order valence-corrected chi connectivity index (χ1v) is 6.35. The van der Waals surface area contributed by atoms with Crippen LogP contribution in [0.3, 0.4) is 0 Å². The molecule has 0 aromatic heterocycles. The molecule has 0 saturated heterocycles. The molecule has 1 rings (SSSR count). The first-order valence-electron chi connectivity index (χ1n) is 5.37. The van der Waals surface area contributed by atoms with E-state index in [1.165, 1.54) is 11.8 Å². The lowest BCUT2D eigenvalue weighted by Gasteiger charge is -2.18. The van der Waals surface area contributed by atoms with E-state index in [0.29, 0.717) is 6.54 Å². The Morgan fingerprint density at radius 3 is 2.65 bits per heavy atom. The van der Waals surface area contributed by atoms with E-state index in [1.807, 2.05) is 30.3 Å².